The molecule has 1 heterocycles. The molecule has 1 aromatic rings. The number of aromatic nitrogens is 2. The third kappa shape index (κ3) is 2.81. The number of aryl methyl sites for hydroxylation is 1. The molecule has 0 aromatic carbocycles. The molecular formula is C11H19N3O. The van der Waals surface area contributed by atoms with Crippen LogP contribution in [0.1, 0.15) is 26.6 Å². The van der Waals surface area contributed by atoms with Gasteiger partial charge in [-0.25, -0.2) is 4.98 Å². The topological polar surface area (TPSA) is 38.1 Å². The number of carbonyl (C=O) groups is 1. The summed E-state index contributed by atoms with van der Waals surface area (Å²) in [6.45, 7) is 6.44. The van der Waals surface area contributed by atoms with Crippen molar-refractivity contribution in [3.05, 3.63) is 18.2 Å². The van der Waals surface area contributed by atoms with Gasteiger partial charge in [0.1, 0.15) is 12.4 Å². The number of rotatable bonds is 4. The Bertz CT molecular complexity index is 330. The second-order valence-electron chi connectivity index (χ2n) is 3.92. The van der Waals surface area contributed by atoms with Crippen LogP contribution in [0.5, 0.6) is 0 Å². The molecule has 0 aliphatic heterocycles. The van der Waals surface area contributed by atoms with Crippen LogP contribution in [0.3, 0.4) is 0 Å². The largest absolute Gasteiger partial charge is 0.342 e. The molecule has 15 heavy (non-hydrogen) atoms. The average Bonchev–Trinajstić information content (AvgIpc) is 2.63. The lowest BCUT2D eigenvalue weighted by Crippen LogP contribution is -2.35. The zero-order valence-corrected chi connectivity index (χ0v) is 9.90. The van der Waals surface area contributed by atoms with Gasteiger partial charge in [-0.1, -0.05) is 6.92 Å². The minimum atomic E-state index is 0.123. The summed E-state index contributed by atoms with van der Waals surface area (Å²) in [6.07, 6.45) is 4.44. The summed E-state index contributed by atoms with van der Waals surface area (Å²) >= 11 is 0. The fraction of sp³-hybridized carbons (Fsp3) is 0.636. The van der Waals surface area contributed by atoms with Gasteiger partial charge in [0.15, 0.2) is 0 Å². The molecule has 0 aliphatic carbocycles. The van der Waals surface area contributed by atoms with Crippen LogP contribution in [0, 0.1) is 0 Å². The van der Waals surface area contributed by atoms with E-state index in [1.807, 2.05) is 38.6 Å². The Morgan fingerprint density at radius 3 is 2.80 bits per heavy atom. The van der Waals surface area contributed by atoms with Crippen LogP contribution in [0.15, 0.2) is 12.4 Å². The van der Waals surface area contributed by atoms with E-state index < -0.39 is 0 Å². The van der Waals surface area contributed by atoms with Crippen molar-refractivity contribution in [3.63, 3.8) is 0 Å². The Kier molecular flexibility index (Phi) is 3.88. The second-order valence-corrected chi connectivity index (χ2v) is 3.92. The maximum absolute atomic E-state index is 11.8. The predicted molar refractivity (Wildman–Crippen MR) is 59.5 cm³/mol. The normalized spacial score (nSPS) is 10.7. The number of carbonyl (C=O) groups excluding carboxylic acids is 1. The Morgan fingerprint density at radius 1 is 1.60 bits per heavy atom. The van der Waals surface area contributed by atoms with Crippen molar-refractivity contribution in [2.24, 2.45) is 0 Å². The van der Waals surface area contributed by atoms with Gasteiger partial charge in [0.05, 0.1) is 0 Å². The van der Waals surface area contributed by atoms with E-state index in [1.165, 1.54) is 0 Å². The summed E-state index contributed by atoms with van der Waals surface area (Å²) in [6, 6.07) is 0.242. The van der Waals surface area contributed by atoms with Gasteiger partial charge >= 0.3 is 0 Å². The highest BCUT2D eigenvalue weighted by Crippen LogP contribution is 2.02. The summed E-state index contributed by atoms with van der Waals surface area (Å²) in [7, 11) is 1.83. The van der Waals surface area contributed by atoms with Crippen molar-refractivity contribution in [3.8, 4) is 0 Å². The van der Waals surface area contributed by atoms with E-state index in [4.69, 9.17) is 0 Å². The Balaban J connectivity index is 2.66. The van der Waals surface area contributed by atoms with Gasteiger partial charge < -0.3 is 9.47 Å². The van der Waals surface area contributed by atoms with E-state index in [0.29, 0.717) is 6.54 Å². The minimum Gasteiger partial charge on any atom is -0.342 e. The monoisotopic (exact) mass is 209 g/mol. The number of hydrogen-bond donors (Lipinski definition) is 0. The van der Waals surface area contributed by atoms with E-state index in [9.17, 15) is 4.79 Å². The van der Waals surface area contributed by atoms with Gasteiger partial charge in [-0.2, -0.15) is 0 Å². The molecule has 4 nitrogen and oxygen atoms in total. The van der Waals surface area contributed by atoms with Crippen molar-refractivity contribution < 1.29 is 4.79 Å². The quantitative estimate of drug-likeness (QED) is 0.750. The smallest absolute Gasteiger partial charge is 0.242 e. The van der Waals surface area contributed by atoms with Crippen LogP contribution >= 0.6 is 0 Å². The third-order valence-electron chi connectivity index (χ3n) is 2.59. The summed E-state index contributed by atoms with van der Waals surface area (Å²) in [5.74, 6) is 1.08. The van der Waals surface area contributed by atoms with E-state index in [1.54, 1.807) is 11.1 Å². The van der Waals surface area contributed by atoms with Gasteiger partial charge in [0.25, 0.3) is 0 Å². The maximum Gasteiger partial charge on any atom is 0.242 e. The van der Waals surface area contributed by atoms with Crippen molar-refractivity contribution in [1.82, 2.24) is 14.5 Å². The second kappa shape index (κ2) is 4.96. The fourth-order valence-electron chi connectivity index (χ4n) is 1.34. The standard InChI is InChI=1S/C11H19N3O/c1-5-10-12-6-7-14(10)8-11(15)13(4)9(2)3/h6-7,9H,5,8H2,1-4H3. The van der Waals surface area contributed by atoms with Crippen LogP contribution in [0.25, 0.3) is 0 Å². The van der Waals surface area contributed by atoms with Gasteiger partial charge in [0, 0.05) is 31.9 Å². The summed E-state index contributed by atoms with van der Waals surface area (Å²) in [4.78, 5) is 17.7. The molecule has 0 saturated carbocycles. The molecular weight excluding hydrogens is 190 g/mol. The van der Waals surface area contributed by atoms with Gasteiger partial charge in [-0.05, 0) is 13.8 Å². The van der Waals surface area contributed by atoms with E-state index in [2.05, 4.69) is 4.98 Å². The highest BCUT2D eigenvalue weighted by Gasteiger charge is 2.13. The minimum absolute atomic E-state index is 0.123. The summed E-state index contributed by atoms with van der Waals surface area (Å²) in [5, 5.41) is 0. The summed E-state index contributed by atoms with van der Waals surface area (Å²) in [5.41, 5.74) is 0. The average molecular weight is 209 g/mol. The molecule has 0 N–H and O–H groups in total. The SMILES string of the molecule is CCc1nccn1CC(=O)N(C)C(C)C. The molecule has 0 unspecified atom stereocenters. The number of likely N-dealkylation sites (N-methyl/N-ethyl adjacent to an activating group) is 1. The molecule has 1 amide bonds. The lowest BCUT2D eigenvalue weighted by atomic mass is 10.3. The number of hydrogen-bond acceptors (Lipinski definition) is 2. The lowest BCUT2D eigenvalue weighted by Gasteiger charge is -2.21. The van der Waals surface area contributed by atoms with E-state index in [-0.39, 0.29) is 11.9 Å². The Morgan fingerprint density at radius 2 is 2.27 bits per heavy atom. The molecule has 1 rings (SSSR count). The zero-order valence-electron chi connectivity index (χ0n) is 9.90. The van der Waals surface area contributed by atoms with E-state index >= 15 is 0 Å². The van der Waals surface area contributed by atoms with Crippen LogP contribution in [0.4, 0.5) is 0 Å². The number of amides is 1. The first-order valence-electron chi connectivity index (χ1n) is 5.32. The molecule has 1 aromatic heterocycles. The zero-order chi connectivity index (χ0) is 11.4. The maximum atomic E-state index is 11.8. The first-order valence-corrected chi connectivity index (χ1v) is 5.32. The fourth-order valence-corrected chi connectivity index (χ4v) is 1.34. The van der Waals surface area contributed by atoms with Gasteiger partial charge in [-0.15, -0.1) is 0 Å². The lowest BCUT2D eigenvalue weighted by molar-refractivity contribution is -0.132. The van der Waals surface area contributed by atoms with Crippen molar-refractivity contribution >= 4 is 5.91 Å². The third-order valence-corrected chi connectivity index (χ3v) is 2.59. The number of nitrogens with zero attached hydrogens (tertiary/aromatic N) is 3. The Hall–Kier alpha value is -1.32. The summed E-state index contributed by atoms with van der Waals surface area (Å²) < 4.78 is 1.90. The molecule has 0 aliphatic rings. The van der Waals surface area contributed by atoms with E-state index in [0.717, 1.165) is 12.2 Å². The van der Waals surface area contributed by atoms with Crippen LogP contribution in [-0.4, -0.2) is 33.4 Å². The molecule has 84 valence electrons. The van der Waals surface area contributed by atoms with Crippen LogP contribution in [-0.2, 0) is 17.8 Å². The van der Waals surface area contributed by atoms with Crippen LogP contribution in [0.2, 0.25) is 0 Å². The van der Waals surface area contributed by atoms with Crippen molar-refractivity contribution in [1.29, 1.82) is 0 Å². The molecule has 0 fully saturated rings. The first-order chi connectivity index (χ1) is 7.06. The molecule has 0 radical (unpaired) electrons. The molecule has 0 spiro atoms. The van der Waals surface area contributed by atoms with Crippen molar-refractivity contribution in [2.75, 3.05) is 7.05 Å². The molecule has 0 bridgehead atoms. The van der Waals surface area contributed by atoms with Gasteiger partial charge in [-0.3, -0.25) is 4.79 Å². The molecule has 0 saturated heterocycles. The predicted octanol–water partition coefficient (Wildman–Crippen LogP) is 1.31. The first kappa shape index (κ1) is 11.8. The highest BCUT2D eigenvalue weighted by molar-refractivity contribution is 5.76. The molecule has 4 heteroatoms. The highest BCUT2D eigenvalue weighted by atomic mass is 16.2. The Labute approximate surface area is 90.9 Å². The van der Waals surface area contributed by atoms with Crippen molar-refractivity contribution in [2.45, 2.75) is 39.8 Å². The van der Waals surface area contributed by atoms with Gasteiger partial charge in [0.2, 0.25) is 5.91 Å². The number of imidazole rings is 1. The molecule has 0 atom stereocenters. The van der Waals surface area contributed by atoms with Crippen LogP contribution < -0.4 is 0 Å².